The maximum Gasteiger partial charge on any atom is 0.251 e. The normalized spacial score (nSPS) is 14.4. The van der Waals surface area contributed by atoms with Gasteiger partial charge in [-0.25, -0.2) is 4.98 Å². The summed E-state index contributed by atoms with van der Waals surface area (Å²) in [5.41, 5.74) is 2.17. The fourth-order valence-corrected chi connectivity index (χ4v) is 3.09. The Kier molecular flexibility index (Phi) is 4.56. The number of pyridine rings is 1. The van der Waals surface area contributed by atoms with Gasteiger partial charge in [-0.1, -0.05) is 24.3 Å². The predicted octanol–water partition coefficient (Wildman–Crippen LogP) is 3.27. The van der Waals surface area contributed by atoms with Gasteiger partial charge in [0.2, 0.25) is 0 Å². The minimum absolute atomic E-state index is 0.00219. The van der Waals surface area contributed by atoms with E-state index in [9.17, 15) is 4.79 Å². The lowest BCUT2D eigenvalue weighted by atomic mass is 10.1. The number of carbonyl (C=O) groups excluding carboxylic acids is 1. The number of hydrogen-bond donors (Lipinski definition) is 1. The van der Waals surface area contributed by atoms with Crippen LogP contribution in [-0.4, -0.2) is 24.5 Å². The van der Waals surface area contributed by atoms with E-state index in [0.717, 1.165) is 22.4 Å². The highest BCUT2D eigenvalue weighted by Crippen LogP contribution is 2.30. The zero-order chi connectivity index (χ0) is 15.4. The van der Waals surface area contributed by atoms with Crippen LogP contribution in [0.2, 0.25) is 0 Å². The molecule has 0 bridgehead atoms. The average molecular weight is 311 g/mol. The number of amides is 1. The molecule has 5 heteroatoms. The highest BCUT2D eigenvalue weighted by molar-refractivity contribution is 7.97. The standard InChI is InChI=1S/C17H17N3OS/c1-18-22-15-7-3-2-6-14(15)13-9-10-16(19-12-13)20-11-5-4-8-17(20)21/h2-4,6-10,12,18H,5,11H2,1H3. The van der Waals surface area contributed by atoms with Crippen LogP contribution < -0.4 is 9.62 Å². The van der Waals surface area contributed by atoms with Crippen LogP contribution in [0.4, 0.5) is 5.82 Å². The van der Waals surface area contributed by atoms with Crippen molar-refractivity contribution in [3.63, 3.8) is 0 Å². The van der Waals surface area contributed by atoms with E-state index in [1.807, 2.05) is 43.6 Å². The van der Waals surface area contributed by atoms with Crippen LogP contribution in [0.3, 0.4) is 0 Å². The van der Waals surface area contributed by atoms with Gasteiger partial charge in [0.05, 0.1) is 0 Å². The molecule has 1 aromatic heterocycles. The molecule has 0 atom stereocenters. The van der Waals surface area contributed by atoms with Crippen LogP contribution in [-0.2, 0) is 4.79 Å². The molecular formula is C17H17N3OS. The maximum atomic E-state index is 11.9. The third-order valence-electron chi connectivity index (χ3n) is 3.48. The SMILES string of the molecule is CNSc1ccccc1-c1ccc(N2CCC=CC2=O)nc1. The molecule has 1 N–H and O–H groups in total. The van der Waals surface area contributed by atoms with Crippen molar-refractivity contribution in [2.24, 2.45) is 0 Å². The number of nitrogens with one attached hydrogen (secondary N) is 1. The lowest BCUT2D eigenvalue weighted by Crippen LogP contribution is -2.33. The van der Waals surface area contributed by atoms with E-state index in [0.29, 0.717) is 12.4 Å². The smallest absolute Gasteiger partial charge is 0.251 e. The summed E-state index contributed by atoms with van der Waals surface area (Å²) in [4.78, 5) is 19.2. The van der Waals surface area contributed by atoms with Gasteiger partial charge in [0.25, 0.3) is 5.91 Å². The number of aromatic nitrogens is 1. The molecule has 2 aromatic rings. The second-order valence-electron chi connectivity index (χ2n) is 4.89. The third-order valence-corrected chi connectivity index (χ3v) is 4.26. The molecule has 1 aromatic carbocycles. The summed E-state index contributed by atoms with van der Waals surface area (Å²) in [6.07, 6.45) is 6.21. The summed E-state index contributed by atoms with van der Waals surface area (Å²) in [5, 5.41) is 0. The molecular weight excluding hydrogens is 294 g/mol. The topological polar surface area (TPSA) is 45.2 Å². The zero-order valence-corrected chi connectivity index (χ0v) is 13.1. The zero-order valence-electron chi connectivity index (χ0n) is 12.3. The minimum Gasteiger partial charge on any atom is -0.293 e. The Morgan fingerprint density at radius 3 is 2.82 bits per heavy atom. The summed E-state index contributed by atoms with van der Waals surface area (Å²) in [5.74, 6) is 0.703. The van der Waals surface area contributed by atoms with Crippen LogP contribution in [0.15, 0.2) is 59.6 Å². The summed E-state index contributed by atoms with van der Waals surface area (Å²) in [7, 11) is 1.90. The predicted molar refractivity (Wildman–Crippen MR) is 90.7 cm³/mol. The maximum absolute atomic E-state index is 11.9. The van der Waals surface area contributed by atoms with Gasteiger partial charge in [-0.2, -0.15) is 0 Å². The first-order valence-electron chi connectivity index (χ1n) is 7.16. The number of nitrogens with zero attached hydrogens (tertiary/aromatic N) is 2. The van der Waals surface area contributed by atoms with Crippen LogP contribution in [0.1, 0.15) is 6.42 Å². The molecule has 112 valence electrons. The van der Waals surface area contributed by atoms with E-state index in [1.165, 1.54) is 0 Å². The first kappa shape index (κ1) is 14.8. The second-order valence-corrected chi connectivity index (χ2v) is 5.94. The van der Waals surface area contributed by atoms with E-state index in [-0.39, 0.29) is 5.91 Å². The monoisotopic (exact) mass is 311 g/mol. The van der Waals surface area contributed by atoms with Crippen LogP contribution >= 0.6 is 11.9 Å². The first-order valence-corrected chi connectivity index (χ1v) is 7.98. The summed E-state index contributed by atoms with van der Waals surface area (Å²) < 4.78 is 3.10. The molecule has 0 aliphatic carbocycles. The van der Waals surface area contributed by atoms with E-state index in [2.05, 4.69) is 21.8 Å². The van der Waals surface area contributed by atoms with Gasteiger partial charge in [0.15, 0.2) is 0 Å². The molecule has 22 heavy (non-hydrogen) atoms. The molecule has 4 nitrogen and oxygen atoms in total. The average Bonchev–Trinajstić information content (AvgIpc) is 2.56. The van der Waals surface area contributed by atoms with Crippen LogP contribution in [0, 0.1) is 0 Å². The molecule has 1 amide bonds. The number of hydrogen-bond acceptors (Lipinski definition) is 4. The Morgan fingerprint density at radius 2 is 2.09 bits per heavy atom. The Bertz CT molecular complexity index is 697. The Balaban J connectivity index is 1.89. The lowest BCUT2D eigenvalue weighted by molar-refractivity contribution is -0.114. The van der Waals surface area contributed by atoms with E-state index < -0.39 is 0 Å². The van der Waals surface area contributed by atoms with Crippen molar-refractivity contribution in [2.45, 2.75) is 11.3 Å². The van der Waals surface area contributed by atoms with E-state index in [1.54, 1.807) is 22.9 Å². The van der Waals surface area contributed by atoms with E-state index in [4.69, 9.17) is 0 Å². The minimum atomic E-state index is -0.00219. The molecule has 3 rings (SSSR count). The first-order chi connectivity index (χ1) is 10.8. The van der Waals surface area contributed by atoms with Crippen molar-refractivity contribution in [2.75, 3.05) is 18.5 Å². The number of carbonyl (C=O) groups is 1. The van der Waals surface area contributed by atoms with Gasteiger partial charge in [0, 0.05) is 23.2 Å². The number of anilines is 1. The molecule has 1 aliphatic rings. The number of rotatable bonds is 4. The van der Waals surface area contributed by atoms with Gasteiger partial charge in [0.1, 0.15) is 5.82 Å². The van der Waals surface area contributed by atoms with Gasteiger partial charge in [-0.05, 0) is 55.3 Å². The Morgan fingerprint density at radius 1 is 1.23 bits per heavy atom. The highest BCUT2D eigenvalue weighted by Gasteiger charge is 2.17. The van der Waals surface area contributed by atoms with Gasteiger partial charge >= 0.3 is 0 Å². The second kappa shape index (κ2) is 6.77. The molecule has 0 spiro atoms. The van der Waals surface area contributed by atoms with Gasteiger partial charge in [-0.15, -0.1) is 0 Å². The lowest BCUT2D eigenvalue weighted by Gasteiger charge is -2.22. The van der Waals surface area contributed by atoms with Gasteiger partial charge < -0.3 is 0 Å². The fourth-order valence-electron chi connectivity index (χ4n) is 2.42. The molecule has 0 fully saturated rings. The summed E-state index contributed by atoms with van der Waals surface area (Å²) in [6, 6.07) is 12.1. The van der Waals surface area contributed by atoms with Crippen molar-refractivity contribution in [3.8, 4) is 11.1 Å². The number of benzene rings is 1. The summed E-state index contributed by atoms with van der Waals surface area (Å²) >= 11 is 1.58. The molecule has 0 saturated heterocycles. The fraction of sp³-hybridized carbons (Fsp3) is 0.176. The molecule has 0 unspecified atom stereocenters. The Labute approximate surface area is 134 Å². The molecule has 0 radical (unpaired) electrons. The highest BCUT2D eigenvalue weighted by atomic mass is 32.2. The summed E-state index contributed by atoms with van der Waals surface area (Å²) in [6.45, 7) is 0.688. The van der Waals surface area contributed by atoms with Crippen molar-refractivity contribution in [3.05, 3.63) is 54.7 Å². The van der Waals surface area contributed by atoms with Crippen molar-refractivity contribution in [1.82, 2.24) is 9.71 Å². The van der Waals surface area contributed by atoms with E-state index >= 15 is 0 Å². The van der Waals surface area contributed by atoms with Crippen molar-refractivity contribution < 1.29 is 4.79 Å². The molecule has 1 aliphatic heterocycles. The van der Waals surface area contributed by atoms with Crippen molar-refractivity contribution >= 4 is 23.7 Å². The molecule has 2 heterocycles. The van der Waals surface area contributed by atoms with Gasteiger partial charge in [-0.3, -0.25) is 14.4 Å². The Hall–Kier alpha value is -2.11. The quantitative estimate of drug-likeness (QED) is 0.880. The van der Waals surface area contributed by atoms with Crippen LogP contribution in [0.5, 0.6) is 0 Å². The third kappa shape index (κ3) is 3.05. The van der Waals surface area contributed by atoms with Crippen LogP contribution in [0.25, 0.3) is 11.1 Å². The molecule has 0 saturated carbocycles. The van der Waals surface area contributed by atoms with Crippen molar-refractivity contribution in [1.29, 1.82) is 0 Å². The largest absolute Gasteiger partial charge is 0.293 e.